The molecule has 2 aromatic rings. The second kappa shape index (κ2) is 8.98. The van der Waals surface area contributed by atoms with Crippen LogP contribution in [0.2, 0.25) is 0 Å². The smallest absolute Gasteiger partial charge is 0.242 e. The number of amides is 2. The number of nitrogens with zero attached hydrogens (tertiary/aromatic N) is 1. The molecule has 2 N–H and O–H groups in total. The minimum Gasteiger partial charge on any atom is -0.399 e. The molecule has 0 radical (unpaired) electrons. The molecule has 2 rings (SSSR count). The van der Waals surface area contributed by atoms with Crippen LogP contribution in [0.4, 0.5) is 11.4 Å². The third-order valence-electron chi connectivity index (χ3n) is 4.16. The Hall–Kier alpha value is -3.15. The van der Waals surface area contributed by atoms with Gasteiger partial charge in [0.05, 0.1) is 6.21 Å². The van der Waals surface area contributed by atoms with E-state index in [0.29, 0.717) is 11.4 Å². The number of carbonyl (C=O) groups is 2. The van der Waals surface area contributed by atoms with Crippen molar-refractivity contribution in [3.05, 3.63) is 58.7 Å². The molecule has 0 aliphatic carbocycles. The van der Waals surface area contributed by atoms with Gasteiger partial charge >= 0.3 is 0 Å². The summed E-state index contributed by atoms with van der Waals surface area (Å²) in [6.07, 6.45) is 1.19. The zero-order valence-corrected chi connectivity index (χ0v) is 16.3. The molecule has 0 bridgehead atoms. The first-order chi connectivity index (χ1) is 12.8. The number of rotatable bonds is 6. The maximum Gasteiger partial charge on any atom is 0.242 e. The van der Waals surface area contributed by atoms with E-state index in [4.69, 9.17) is 0 Å². The van der Waals surface area contributed by atoms with E-state index in [1.807, 2.05) is 64.1 Å². The lowest BCUT2D eigenvalue weighted by Gasteiger charge is -2.15. The fraction of sp³-hybridized carbons (Fsp3) is 0.286. The summed E-state index contributed by atoms with van der Waals surface area (Å²) >= 11 is 0. The van der Waals surface area contributed by atoms with Crippen molar-refractivity contribution in [3.8, 4) is 0 Å². The van der Waals surface area contributed by atoms with E-state index in [2.05, 4.69) is 20.6 Å². The lowest BCUT2D eigenvalue weighted by atomic mass is 10.1. The average Bonchev–Trinajstić information content (AvgIpc) is 2.60. The third kappa shape index (κ3) is 5.41. The zero-order chi connectivity index (χ0) is 20.0. The molecule has 0 atom stereocenters. The number of carbonyl (C=O) groups excluding carboxylic acids is 2. The number of nitrogens with one attached hydrogen (secondary N) is 2. The minimum absolute atomic E-state index is 0.481. The number of hydrogen-bond acceptors (Lipinski definition) is 4. The Morgan fingerprint density at radius 3 is 1.70 bits per heavy atom. The Morgan fingerprint density at radius 2 is 1.33 bits per heavy atom. The zero-order valence-electron chi connectivity index (χ0n) is 16.3. The van der Waals surface area contributed by atoms with Crippen molar-refractivity contribution in [2.45, 2.75) is 27.7 Å². The predicted molar refractivity (Wildman–Crippen MR) is 108 cm³/mol. The fourth-order valence-corrected chi connectivity index (χ4v) is 2.70. The maximum absolute atomic E-state index is 12.7. The van der Waals surface area contributed by atoms with Crippen molar-refractivity contribution in [2.75, 3.05) is 17.7 Å². The standard InChI is InChI=1S/C21H25N3O3/c1-13-6-8-18(15(3)10-13)23-20(25)17(12-22-27-5)21(26)24-19-9-7-14(2)11-16(19)4/h6-12,17H,1-5H3,(H,23,25)(H,24,26)/b22-12+. The molecule has 0 aromatic heterocycles. The van der Waals surface area contributed by atoms with Gasteiger partial charge in [0.25, 0.3) is 0 Å². The highest BCUT2D eigenvalue weighted by Crippen LogP contribution is 2.19. The van der Waals surface area contributed by atoms with E-state index in [-0.39, 0.29) is 0 Å². The topological polar surface area (TPSA) is 79.8 Å². The quantitative estimate of drug-likeness (QED) is 0.464. The number of aryl methyl sites for hydroxylation is 4. The molecule has 142 valence electrons. The summed E-state index contributed by atoms with van der Waals surface area (Å²) in [7, 11) is 1.36. The molecule has 0 aliphatic heterocycles. The fourth-order valence-electron chi connectivity index (χ4n) is 2.70. The molecule has 2 amide bonds. The van der Waals surface area contributed by atoms with Crippen LogP contribution in [0.5, 0.6) is 0 Å². The van der Waals surface area contributed by atoms with Gasteiger partial charge in [-0.1, -0.05) is 40.5 Å². The van der Waals surface area contributed by atoms with Crippen LogP contribution in [0, 0.1) is 33.6 Å². The van der Waals surface area contributed by atoms with Gasteiger partial charge in [0.1, 0.15) is 7.11 Å². The van der Waals surface area contributed by atoms with Crippen LogP contribution in [-0.2, 0) is 14.4 Å². The summed E-state index contributed by atoms with van der Waals surface area (Å²) in [4.78, 5) is 30.1. The Balaban J connectivity index is 2.21. The summed E-state index contributed by atoms with van der Waals surface area (Å²) in [5.74, 6) is -2.10. The van der Waals surface area contributed by atoms with Crippen LogP contribution >= 0.6 is 0 Å². The number of anilines is 2. The van der Waals surface area contributed by atoms with Gasteiger partial charge in [-0.2, -0.15) is 0 Å². The Kier molecular flexibility index (Phi) is 6.71. The molecule has 0 fully saturated rings. The molecule has 0 heterocycles. The molecule has 6 heteroatoms. The highest BCUT2D eigenvalue weighted by atomic mass is 16.6. The normalized spacial score (nSPS) is 10.9. The molecular weight excluding hydrogens is 342 g/mol. The van der Waals surface area contributed by atoms with Crippen LogP contribution < -0.4 is 10.6 Å². The van der Waals surface area contributed by atoms with Gasteiger partial charge in [0, 0.05) is 11.4 Å². The molecular formula is C21H25N3O3. The van der Waals surface area contributed by atoms with Crippen LogP contribution in [0.25, 0.3) is 0 Å². The predicted octanol–water partition coefficient (Wildman–Crippen LogP) is 3.75. The number of oxime groups is 1. The van der Waals surface area contributed by atoms with Crippen LogP contribution in [-0.4, -0.2) is 25.1 Å². The van der Waals surface area contributed by atoms with Gasteiger partial charge < -0.3 is 15.5 Å². The molecule has 0 spiro atoms. The van der Waals surface area contributed by atoms with Crippen molar-refractivity contribution >= 4 is 29.4 Å². The Labute approximate surface area is 159 Å². The summed E-state index contributed by atoms with van der Waals surface area (Å²) in [6, 6.07) is 11.4. The SMILES string of the molecule is CO/N=C/C(C(=O)Nc1ccc(C)cc1C)C(=O)Nc1ccc(C)cc1C. The Morgan fingerprint density at radius 1 is 0.889 bits per heavy atom. The van der Waals surface area contributed by atoms with Gasteiger partial charge in [-0.05, 0) is 51.0 Å². The highest BCUT2D eigenvalue weighted by Gasteiger charge is 2.26. The molecule has 0 saturated heterocycles. The second-order valence-electron chi connectivity index (χ2n) is 6.53. The first kappa shape index (κ1) is 20.2. The van der Waals surface area contributed by atoms with Crippen molar-refractivity contribution in [1.82, 2.24) is 0 Å². The monoisotopic (exact) mass is 367 g/mol. The van der Waals surface area contributed by atoms with Crippen molar-refractivity contribution in [2.24, 2.45) is 11.1 Å². The lowest BCUT2D eigenvalue weighted by Crippen LogP contribution is -2.35. The first-order valence-electron chi connectivity index (χ1n) is 8.64. The maximum atomic E-state index is 12.7. The lowest BCUT2D eigenvalue weighted by molar-refractivity contribution is -0.126. The van der Waals surface area contributed by atoms with Gasteiger partial charge in [0.15, 0.2) is 5.92 Å². The number of benzene rings is 2. The van der Waals surface area contributed by atoms with Gasteiger partial charge in [-0.3, -0.25) is 9.59 Å². The van der Waals surface area contributed by atoms with Crippen LogP contribution in [0.15, 0.2) is 41.6 Å². The molecule has 0 unspecified atom stereocenters. The van der Waals surface area contributed by atoms with E-state index in [1.54, 1.807) is 0 Å². The molecule has 0 aliphatic rings. The molecule has 2 aromatic carbocycles. The largest absolute Gasteiger partial charge is 0.399 e. The van der Waals surface area contributed by atoms with Gasteiger partial charge in [-0.25, -0.2) is 0 Å². The van der Waals surface area contributed by atoms with Gasteiger partial charge in [0.2, 0.25) is 11.8 Å². The van der Waals surface area contributed by atoms with E-state index >= 15 is 0 Å². The van der Waals surface area contributed by atoms with E-state index in [1.165, 1.54) is 13.3 Å². The summed E-state index contributed by atoms with van der Waals surface area (Å²) in [5.41, 5.74) is 5.33. The van der Waals surface area contributed by atoms with Crippen molar-refractivity contribution < 1.29 is 14.4 Å². The van der Waals surface area contributed by atoms with Crippen LogP contribution in [0.1, 0.15) is 22.3 Å². The molecule has 27 heavy (non-hydrogen) atoms. The van der Waals surface area contributed by atoms with E-state index in [9.17, 15) is 9.59 Å². The summed E-state index contributed by atoms with van der Waals surface area (Å²) in [6.45, 7) is 7.75. The molecule has 0 saturated carbocycles. The van der Waals surface area contributed by atoms with E-state index < -0.39 is 17.7 Å². The summed E-state index contributed by atoms with van der Waals surface area (Å²) < 4.78 is 0. The highest BCUT2D eigenvalue weighted by molar-refractivity contribution is 6.20. The summed E-state index contributed by atoms with van der Waals surface area (Å²) in [5, 5.41) is 9.20. The minimum atomic E-state index is -1.13. The molecule has 6 nitrogen and oxygen atoms in total. The van der Waals surface area contributed by atoms with Crippen molar-refractivity contribution in [3.63, 3.8) is 0 Å². The average molecular weight is 367 g/mol. The number of hydrogen-bond donors (Lipinski definition) is 2. The van der Waals surface area contributed by atoms with Crippen LogP contribution in [0.3, 0.4) is 0 Å². The van der Waals surface area contributed by atoms with Crippen molar-refractivity contribution in [1.29, 1.82) is 0 Å². The third-order valence-corrected chi connectivity index (χ3v) is 4.16. The van der Waals surface area contributed by atoms with Gasteiger partial charge in [-0.15, -0.1) is 0 Å². The second-order valence-corrected chi connectivity index (χ2v) is 6.53. The van der Waals surface area contributed by atoms with E-state index in [0.717, 1.165) is 22.3 Å². The Bertz CT molecular complexity index is 809. The first-order valence-corrected chi connectivity index (χ1v) is 8.64.